The number of Topliss-reactive ketones (excluding diaryl/α,β-unsaturated/α-hetero) is 1. The first-order valence-corrected chi connectivity index (χ1v) is 14.2. The largest absolute Gasteiger partial charge is 0.491 e. The molecule has 2 unspecified atom stereocenters. The van der Waals surface area contributed by atoms with Gasteiger partial charge in [-0.2, -0.15) is 8.42 Å². The summed E-state index contributed by atoms with van der Waals surface area (Å²) >= 11 is 0. The van der Waals surface area contributed by atoms with Crippen LogP contribution in [0.2, 0.25) is 0 Å². The smallest absolute Gasteiger partial charge is 0.289 e. The van der Waals surface area contributed by atoms with Crippen molar-refractivity contribution in [2.75, 3.05) is 39.3 Å². The zero-order chi connectivity index (χ0) is 27.3. The molecule has 2 amide bonds. The highest BCUT2D eigenvalue weighted by Gasteiger charge is 2.65. The number of carbonyl (C=O) groups excluding carboxylic acids is 3. The molecule has 2 aromatic rings. The van der Waals surface area contributed by atoms with Crippen LogP contribution >= 0.6 is 0 Å². The summed E-state index contributed by atoms with van der Waals surface area (Å²) in [7, 11) is -2.88. The van der Waals surface area contributed by atoms with Crippen LogP contribution in [0, 0.1) is 16.7 Å². The van der Waals surface area contributed by atoms with Crippen molar-refractivity contribution >= 4 is 38.5 Å². The van der Waals surface area contributed by atoms with Gasteiger partial charge in [-0.1, -0.05) is 26.0 Å². The van der Waals surface area contributed by atoms with Crippen LogP contribution in [0.3, 0.4) is 0 Å². The second kappa shape index (κ2) is 9.71. The normalized spacial score (nSPS) is 24.0. The number of hydrogen-bond acceptors (Lipinski definition) is 9. The van der Waals surface area contributed by atoms with Crippen molar-refractivity contribution in [3.8, 4) is 5.75 Å². The van der Waals surface area contributed by atoms with E-state index < -0.39 is 38.5 Å². The molecule has 2 saturated carbocycles. The standard InChI is InChI=1S/C27H31NO9S/c1-26(2)17-9-10-27(26,22(29)15-17)16-38(32,33)37-28-24(30)19-6-4-5-18-21(36-14-13-35-12-11-34-3)8-7-20(23(18)19)25(28)31/h4-8,17H,9-16H2,1-3H3. The molecule has 0 aromatic heterocycles. The van der Waals surface area contributed by atoms with Crippen LogP contribution in [-0.4, -0.2) is 70.4 Å². The fourth-order valence-electron chi connectivity index (χ4n) is 6.25. The molecule has 1 heterocycles. The van der Waals surface area contributed by atoms with E-state index in [0.717, 1.165) is 6.42 Å². The van der Waals surface area contributed by atoms with Crippen molar-refractivity contribution in [1.82, 2.24) is 5.06 Å². The summed E-state index contributed by atoms with van der Waals surface area (Å²) in [6.45, 7) is 5.28. The Kier molecular flexibility index (Phi) is 6.83. The van der Waals surface area contributed by atoms with E-state index in [1.165, 1.54) is 12.1 Å². The summed E-state index contributed by atoms with van der Waals surface area (Å²) in [5.41, 5.74) is -1.37. The highest BCUT2D eigenvalue weighted by atomic mass is 32.2. The molecule has 5 rings (SSSR count). The molecule has 2 bridgehead atoms. The Hall–Kier alpha value is -2.86. The zero-order valence-corrected chi connectivity index (χ0v) is 22.5. The third-order valence-corrected chi connectivity index (χ3v) is 9.72. The third kappa shape index (κ3) is 4.21. The zero-order valence-electron chi connectivity index (χ0n) is 21.7. The molecule has 2 aliphatic carbocycles. The number of benzene rings is 2. The maximum atomic E-state index is 13.3. The number of amides is 2. The van der Waals surface area contributed by atoms with Gasteiger partial charge >= 0.3 is 0 Å². The summed E-state index contributed by atoms with van der Waals surface area (Å²) in [6.07, 6.45) is 1.54. The Morgan fingerprint density at radius 2 is 1.68 bits per heavy atom. The van der Waals surface area contributed by atoms with Crippen molar-refractivity contribution in [3.63, 3.8) is 0 Å². The summed E-state index contributed by atoms with van der Waals surface area (Å²) < 4.78 is 47.8. The Morgan fingerprint density at radius 1 is 0.974 bits per heavy atom. The molecule has 0 N–H and O–H groups in total. The van der Waals surface area contributed by atoms with Gasteiger partial charge in [0, 0.05) is 24.3 Å². The fraction of sp³-hybridized carbons (Fsp3) is 0.519. The monoisotopic (exact) mass is 545 g/mol. The van der Waals surface area contributed by atoms with E-state index in [2.05, 4.69) is 0 Å². The summed E-state index contributed by atoms with van der Waals surface area (Å²) in [4.78, 5) is 39.5. The highest BCUT2D eigenvalue weighted by molar-refractivity contribution is 7.86. The van der Waals surface area contributed by atoms with Crippen LogP contribution in [-0.2, 0) is 28.7 Å². The first-order chi connectivity index (χ1) is 18.0. The Labute approximate surface area is 221 Å². The van der Waals surface area contributed by atoms with Crippen molar-refractivity contribution in [2.45, 2.75) is 33.1 Å². The number of ketones is 1. The van der Waals surface area contributed by atoms with Gasteiger partial charge in [-0.25, -0.2) is 0 Å². The molecule has 10 nitrogen and oxygen atoms in total. The number of nitrogens with zero attached hydrogens (tertiary/aromatic N) is 1. The molecular formula is C27H31NO9S. The molecule has 204 valence electrons. The van der Waals surface area contributed by atoms with Crippen LogP contribution in [0.4, 0.5) is 0 Å². The Morgan fingerprint density at radius 3 is 2.34 bits per heavy atom. The minimum Gasteiger partial charge on any atom is -0.491 e. The number of methoxy groups -OCH3 is 1. The van der Waals surface area contributed by atoms with Crippen LogP contribution in [0.15, 0.2) is 30.3 Å². The molecule has 38 heavy (non-hydrogen) atoms. The van der Waals surface area contributed by atoms with Crippen LogP contribution in [0.25, 0.3) is 10.8 Å². The molecule has 0 saturated heterocycles. The average Bonchev–Trinajstić information content (AvgIpc) is 3.21. The van der Waals surface area contributed by atoms with Gasteiger partial charge in [0.05, 0.1) is 42.1 Å². The molecule has 0 radical (unpaired) electrons. The maximum absolute atomic E-state index is 13.3. The van der Waals surface area contributed by atoms with E-state index in [9.17, 15) is 22.8 Å². The second-order valence-corrected chi connectivity index (χ2v) is 12.2. The highest BCUT2D eigenvalue weighted by Crippen LogP contribution is 2.64. The number of hydrogen-bond donors (Lipinski definition) is 0. The Balaban J connectivity index is 1.38. The molecule has 2 aromatic carbocycles. The topological polar surface area (TPSA) is 126 Å². The lowest BCUT2D eigenvalue weighted by Crippen LogP contribution is -2.46. The second-order valence-electron chi connectivity index (χ2n) is 10.6. The summed E-state index contributed by atoms with van der Waals surface area (Å²) in [6, 6.07) is 7.93. The molecule has 1 aliphatic heterocycles. The number of fused-ring (bicyclic) bond motifs is 2. The van der Waals surface area contributed by atoms with Gasteiger partial charge in [-0.15, -0.1) is 9.35 Å². The molecule has 3 aliphatic rings. The third-order valence-electron chi connectivity index (χ3n) is 8.50. The minimum atomic E-state index is -4.46. The first kappa shape index (κ1) is 26.7. The summed E-state index contributed by atoms with van der Waals surface area (Å²) in [5.74, 6) is -1.89. The predicted molar refractivity (Wildman–Crippen MR) is 136 cm³/mol. The molecule has 0 spiro atoms. The average molecular weight is 546 g/mol. The van der Waals surface area contributed by atoms with E-state index in [4.69, 9.17) is 18.5 Å². The van der Waals surface area contributed by atoms with Gasteiger partial charge in [-0.3, -0.25) is 14.4 Å². The molecule has 2 atom stereocenters. The lowest BCUT2D eigenvalue weighted by atomic mass is 9.70. The van der Waals surface area contributed by atoms with E-state index in [0.29, 0.717) is 54.2 Å². The van der Waals surface area contributed by atoms with Crippen LogP contribution in [0.5, 0.6) is 5.75 Å². The number of hydroxylamine groups is 2. The van der Waals surface area contributed by atoms with Crippen molar-refractivity contribution in [2.24, 2.45) is 16.7 Å². The SMILES string of the molecule is COCCOCCOc1ccc2c3c(cccc13)C(=O)N(OS(=O)(=O)CC13CCC(CC1=O)C3(C)C)C2=O. The van der Waals surface area contributed by atoms with Gasteiger partial charge in [0.1, 0.15) is 18.1 Å². The van der Waals surface area contributed by atoms with Gasteiger partial charge in [-0.05, 0) is 42.4 Å². The van der Waals surface area contributed by atoms with Crippen molar-refractivity contribution in [1.29, 1.82) is 0 Å². The molecule has 11 heteroatoms. The van der Waals surface area contributed by atoms with E-state index in [-0.39, 0.29) is 29.4 Å². The number of ether oxygens (including phenoxy) is 3. The van der Waals surface area contributed by atoms with E-state index in [1.54, 1.807) is 25.3 Å². The van der Waals surface area contributed by atoms with E-state index in [1.807, 2.05) is 13.8 Å². The molecular weight excluding hydrogens is 514 g/mol. The fourth-order valence-corrected chi connectivity index (χ4v) is 7.94. The summed E-state index contributed by atoms with van der Waals surface area (Å²) in [5, 5.41) is 1.20. The van der Waals surface area contributed by atoms with Crippen molar-refractivity contribution < 1.29 is 41.3 Å². The lowest BCUT2D eigenvalue weighted by Gasteiger charge is -2.36. The van der Waals surface area contributed by atoms with Gasteiger partial charge < -0.3 is 14.2 Å². The minimum absolute atomic E-state index is 0.103. The lowest BCUT2D eigenvalue weighted by molar-refractivity contribution is -0.128. The number of imide groups is 1. The van der Waals surface area contributed by atoms with Gasteiger partial charge in [0.25, 0.3) is 21.9 Å². The molecule has 2 fully saturated rings. The van der Waals surface area contributed by atoms with Gasteiger partial charge in [0.2, 0.25) is 0 Å². The first-order valence-electron chi connectivity index (χ1n) is 12.6. The van der Waals surface area contributed by atoms with Crippen LogP contribution < -0.4 is 4.74 Å². The predicted octanol–water partition coefficient (Wildman–Crippen LogP) is 3.13. The van der Waals surface area contributed by atoms with Crippen LogP contribution in [0.1, 0.15) is 53.8 Å². The number of rotatable bonds is 11. The number of carbonyl (C=O) groups is 3. The van der Waals surface area contributed by atoms with Crippen molar-refractivity contribution in [3.05, 3.63) is 41.5 Å². The maximum Gasteiger partial charge on any atom is 0.289 e. The van der Waals surface area contributed by atoms with E-state index >= 15 is 0 Å². The van der Waals surface area contributed by atoms with Gasteiger partial charge in [0.15, 0.2) is 0 Å². The Bertz CT molecular complexity index is 1390. The quantitative estimate of drug-likeness (QED) is 0.309.